The third kappa shape index (κ3) is 1.99. The van der Waals surface area contributed by atoms with E-state index in [4.69, 9.17) is 4.74 Å². The molecule has 106 valence electrons. The van der Waals surface area contributed by atoms with Crippen LogP contribution in [0, 0.1) is 11.6 Å². The molecule has 0 spiro atoms. The molecular weight excluding hydrogens is 360 g/mol. The van der Waals surface area contributed by atoms with Gasteiger partial charge in [-0.25, -0.2) is 8.78 Å². The number of alkyl halides is 2. The second kappa shape index (κ2) is 4.54. The molecule has 2 heterocycles. The Hall–Kier alpha value is -0.920. The Bertz CT molecular complexity index is 666. The summed E-state index contributed by atoms with van der Waals surface area (Å²) in [7, 11) is 0. The van der Waals surface area contributed by atoms with Gasteiger partial charge in [0.1, 0.15) is 11.6 Å². The first-order valence-electron chi connectivity index (χ1n) is 5.60. The maximum absolute atomic E-state index is 14.6. The molecule has 0 aliphatic carbocycles. The maximum Gasteiger partial charge on any atom is 0.317 e. The van der Waals surface area contributed by atoms with Crippen LogP contribution in [-0.2, 0) is 16.3 Å². The molecule has 1 nitrogen and oxygen atoms in total. The number of benzene rings is 1. The van der Waals surface area contributed by atoms with Gasteiger partial charge in [-0.2, -0.15) is 8.78 Å². The van der Waals surface area contributed by atoms with Gasteiger partial charge in [-0.15, -0.1) is 11.3 Å². The van der Waals surface area contributed by atoms with Crippen LogP contribution in [0.4, 0.5) is 17.6 Å². The van der Waals surface area contributed by atoms with E-state index in [9.17, 15) is 17.6 Å². The maximum atomic E-state index is 14.6. The summed E-state index contributed by atoms with van der Waals surface area (Å²) in [6.45, 7) is -0.307. The minimum atomic E-state index is -3.39. The summed E-state index contributed by atoms with van der Waals surface area (Å²) in [5.41, 5.74) is -2.37. The SMILES string of the molecule is Fc1ccc(C2(C(F)(F)c3ccc(Br)s3)CO2)c(F)c1. The van der Waals surface area contributed by atoms with Gasteiger partial charge in [0, 0.05) is 11.6 Å². The molecule has 1 unspecified atom stereocenters. The second-order valence-electron chi connectivity index (χ2n) is 4.42. The Kier molecular flexibility index (Phi) is 3.19. The smallest absolute Gasteiger partial charge is 0.317 e. The zero-order valence-corrected chi connectivity index (χ0v) is 12.2. The molecule has 20 heavy (non-hydrogen) atoms. The average Bonchev–Trinajstić information content (AvgIpc) is 3.06. The van der Waals surface area contributed by atoms with Crippen molar-refractivity contribution in [2.24, 2.45) is 0 Å². The third-order valence-corrected chi connectivity index (χ3v) is 4.88. The lowest BCUT2D eigenvalue weighted by molar-refractivity contribution is -0.0835. The van der Waals surface area contributed by atoms with Crippen molar-refractivity contribution in [3.05, 3.63) is 56.2 Å². The van der Waals surface area contributed by atoms with Gasteiger partial charge in [0.2, 0.25) is 0 Å². The van der Waals surface area contributed by atoms with Gasteiger partial charge in [-0.1, -0.05) is 0 Å². The zero-order chi connectivity index (χ0) is 14.5. The molecule has 2 aromatic rings. The van der Waals surface area contributed by atoms with E-state index in [-0.39, 0.29) is 17.0 Å². The van der Waals surface area contributed by atoms with Crippen molar-refractivity contribution in [1.82, 2.24) is 0 Å². The molecule has 0 saturated carbocycles. The van der Waals surface area contributed by atoms with Crippen molar-refractivity contribution in [2.75, 3.05) is 6.61 Å². The summed E-state index contributed by atoms with van der Waals surface area (Å²) in [4.78, 5) is -0.231. The van der Waals surface area contributed by atoms with Gasteiger partial charge in [0.25, 0.3) is 0 Å². The van der Waals surface area contributed by atoms with Crippen LogP contribution in [0.25, 0.3) is 0 Å². The first-order chi connectivity index (χ1) is 9.37. The topological polar surface area (TPSA) is 12.5 Å². The molecule has 0 radical (unpaired) electrons. The predicted molar refractivity (Wildman–Crippen MR) is 69.9 cm³/mol. The van der Waals surface area contributed by atoms with E-state index >= 15 is 0 Å². The van der Waals surface area contributed by atoms with E-state index < -0.39 is 23.2 Å². The summed E-state index contributed by atoms with van der Waals surface area (Å²) in [6, 6.07) is 5.29. The van der Waals surface area contributed by atoms with Crippen molar-refractivity contribution in [3.63, 3.8) is 0 Å². The molecule has 1 saturated heterocycles. The molecule has 0 N–H and O–H groups in total. The highest BCUT2D eigenvalue weighted by Gasteiger charge is 2.67. The number of thiophene rings is 1. The molecule has 1 aromatic heterocycles. The lowest BCUT2D eigenvalue weighted by Gasteiger charge is -2.23. The molecule has 3 rings (SSSR count). The van der Waals surface area contributed by atoms with Crippen LogP contribution in [0.3, 0.4) is 0 Å². The molecule has 7 heteroatoms. The lowest BCUT2D eigenvalue weighted by Crippen LogP contribution is -2.32. The highest BCUT2D eigenvalue weighted by molar-refractivity contribution is 9.11. The fourth-order valence-corrected chi connectivity index (χ4v) is 3.51. The quantitative estimate of drug-likeness (QED) is 0.561. The highest BCUT2D eigenvalue weighted by atomic mass is 79.9. The van der Waals surface area contributed by atoms with Crippen LogP contribution in [-0.4, -0.2) is 6.61 Å². The van der Waals surface area contributed by atoms with Crippen LogP contribution >= 0.6 is 27.3 Å². The van der Waals surface area contributed by atoms with Crippen LogP contribution in [0.5, 0.6) is 0 Å². The van der Waals surface area contributed by atoms with Gasteiger partial charge < -0.3 is 4.74 Å². The fraction of sp³-hybridized carbons (Fsp3) is 0.231. The van der Waals surface area contributed by atoms with Crippen molar-refractivity contribution >= 4 is 27.3 Å². The molecule has 1 aliphatic heterocycles. The summed E-state index contributed by atoms with van der Waals surface area (Å²) in [5.74, 6) is -5.23. The third-order valence-electron chi connectivity index (χ3n) is 3.19. The van der Waals surface area contributed by atoms with Gasteiger partial charge in [-0.3, -0.25) is 0 Å². The Morgan fingerprint density at radius 3 is 2.40 bits per heavy atom. The summed E-state index contributed by atoms with van der Waals surface area (Å²) < 4.78 is 61.3. The minimum Gasteiger partial charge on any atom is -0.357 e. The van der Waals surface area contributed by atoms with Gasteiger partial charge in [0.15, 0.2) is 5.60 Å². The first kappa shape index (κ1) is 14.0. The van der Waals surface area contributed by atoms with E-state index in [1.165, 1.54) is 12.1 Å². The van der Waals surface area contributed by atoms with E-state index in [1.807, 2.05) is 0 Å². The Balaban J connectivity index is 2.08. The van der Waals surface area contributed by atoms with Crippen LogP contribution < -0.4 is 0 Å². The van der Waals surface area contributed by atoms with Crippen molar-refractivity contribution in [3.8, 4) is 0 Å². The number of rotatable bonds is 3. The number of halogens is 5. The standard InChI is InChI=1S/C13H7BrF4OS/c14-11-4-3-10(20-11)13(17,18)12(6-19-12)8-2-1-7(15)5-9(8)16/h1-5H,6H2. The predicted octanol–water partition coefficient (Wildman–Crippen LogP) is 4.81. The van der Waals surface area contributed by atoms with Crippen molar-refractivity contribution in [1.29, 1.82) is 0 Å². The largest absolute Gasteiger partial charge is 0.357 e. The first-order valence-corrected chi connectivity index (χ1v) is 7.21. The number of hydrogen-bond donors (Lipinski definition) is 0. The Labute approximate surface area is 124 Å². The number of hydrogen-bond acceptors (Lipinski definition) is 2. The average molecular weight is 367 g/mol. The molecule has 0 bridgehead atoms. The van der Waals surface area contributed by atoms with Crippen LogP contribution in [0.2, 0.25) is 0 Å². The van der Waals surface area contributed by atoms with Crippen molar-refractivity contribution in [2.45, 2.75) is 11.5 Å². The molecular formula is C13H7BrF4OS. The Morgan fingerprint density at radius 1 is 1.20 bits per heavy atom. The van der Waals surface area contributed by atoms with Gasteiger partial charge >= 0.3 is 5.92 Å². The van der Waals surface area contributed by atoms with E-state index in [1.54, 1.807) is 0 Å². The van der Waals surface area contributed by atoms with E-state index in [2.05, 4.69) is 15.9 Å². The van der Waals surface area contributed by atoms with E-state index in [0.717, 1.165) is 23.5 Å². The highest BCUT2D eigenvalue weighted by Crippen LogP contribution is 2.58. The monoisotopic (exact) mass is 366 g/mol. The van der Waals surface area contributed by atoms with Crippen molar-refractivity contribution < 1.29 is 22.3 Å². The molecule has 1 fully saturated rings. The Morgan fingerprint density at radius 2 is 1.90 bits per heavy atom. The molecule has 1 aliphatic rings. The lowest BCUT2D eigenvalue weighted by atomic mass is 9.91. The second-order valence-corrected chi connectivity index (χ2v) is 6.88. The molecule has 1 aromatic carbocycles. The molecule has 0 amide bonds. The van der Waals surface area contributed by atoms with Gasteiger partial charge in [-0.05, 0) is 40.2 Å². The number of ether oxygens (including phenoxy) is 1. The van der Waals surface area contributed by atoms with Crippen LogP contribution in [0.15, 0.2) is 34.1 Å². The summed E-state index contributed by atoms with van der Waals surface area (Å²) >= 11 is 3.97. The molecule has 1 atom stereocenters. The summed E-state index contributed by atoms with van der Waals surface area (Å²) in [5, 5.41) is 0. The number of epoxide rings is 1. The van der Waals surface area contributed by atoms with E-state index in [0.29, 0.717) is 9.85 Å². The van der Waals surface area contributed by atoms with Crippen LogP contribution in [0.1, 0.15) is 10.4 Å². The summed E-state index contributed by atoms with van der Waals surface area (Å²) in [6.07, 6.45) is 0. The minimum absolute atomic E-state index is 0.231. The van der Waals surface area contributed by atoms with Gasteiger partial charge in [0.05, 0.1) is 15.3 Å². The zero-order valence-electron chi connectivity index (χ0n) is 9.80. The fourth-order valence-electron chi connectivity index (χ4n) is 2.08. The normalized spacial score (nSPS) is 22.1.